The minimum absolute atomic E-state index is 0.503. The maximum atomic E-state index is 6.48. The van der Waals surface area contributed by atoms with E-state index in [1.54, 1.807) is 11.8 Å². The van der Waals surface area contributed by atoms with Gasteiger partial charge in [0.15, 0.2) is 5.16 Å². The van der Waals surface area contributed by atoms with Gasteiger partial charge in [-0.3, -0.25) is 0 Å². The average Bonchev–Trinajstić information content (AvgIpc) is 3.16. The zero-order valence-electron chi connectivity index (χ0n) is 12.3. The number of fused-ring (bicyclic) bond motifs is 1. The van der Waals surface area contributed by atoms with Crippen molar-refractivity contribution in [3.63, 3.8) is 0 Å². The van der Waals surface area contributed by atoms with Crippen LogP contribution in [-0.4, -0.2) is 54.6 Å². The highest BCUT2D eigenvalue weighted by molar-refractivity contribution is 7.99. The lowest BCUT2D eigenvalue weighted by atomic mass is 10.2. The lowest BCUT2D eigenvalue weighted by molar-refractivity contribution is 0.199. The number of benzene rings is 1. The second kappa shape index (κ2) is 6.28. The zero-order valence-corrected chi connectivity index (χ0v) is 13.8. The average molecular weight is 339 g/mol. The summed E-state index contributed by atoms with van der Waals surface area (Å²) >= 11 is 8.25. The Labute approximate surface area is 138 Å². The number of rotatable bonds is 3. The van der Waals surface area contributed by atoms with Crippen LogP contribution in [0.2, 0.25) is 5.02 Å². The topological polar surface area (TPSA) is 53.2 Å². The number of hydrogen-bond acceptors (Lipinski definition) is 5. The van der Waals surface area contributed by atoms with Crippen LogP contribution >= 0.6 is 23.4 Å². The van der Waals surface area contributed by atoms with Gasteiger partial charge in [-0.05, 0) is 18.6 Å². The third-order valence-electron chi connectivity index (χ3n) is 4.15. The molecule has 7 heteroatoms. The molecule has 1 aromatic carbocycles. The fraction of sp³-hybridized carbons (Fsp3) is 0.533. The number of aromatic amines is 1. The Morgan fingerprint density at radius 2 is 2.18 bits per heavy atom. The Morgan fingerprint density at radius 1 is 1.32 bits per heavy atom. The number of hydrogen-bond donors (Lipinski definition) is 2. The first-order valence-electron chi connectivity index (χ1n) is 7.69. The van der Waals surface area contributed by atoms with Gasteiger partial charge in [0.05, 0.1) is 28.4 Å². The van der Waals surface area contributed by atoms with Crippen LogP contribution in [0.15, 0.2) is 17.3 Å². The number of aromatic nitrogens is 2. The first-order chi connectivity index (χ1) is 10.8. The largest absolute Gasteiger partial charge is 0.380 e. The molecule has 1 unspecified atom stereocenters. The SMILES string of the molecule is Clc1cc2[nH]c(SC3CCOC3)nc2cc1N1CCNCC1. The molecule has 5 nitrogen and oxygen atoms in total. The molecule has 22 heavy (non-hydrogen) atoms. The van der Waals surface area contributed by atoms with Crippen molar-refractivity contribution in [2.24, 2.45) is 0 Å². The summed E-state index contributed by atoms with van der Waals surface area (Å²) in [5.74, 6) is 0. The van der Waals surface area contributed by atoms with E-state index in [2.05, 4.69) is 21.3 Å². The van der Waals surface area contributed by atoms with E-state index < -0.39 is 0 Å². The summed E-state index contributed by atoms with van der Waals surface area (Å²) in [5.41, 5.74) is 3.08. The number of anilines is 1. The molecule has 0 bridgehead atoms. The molecular formula is C15H19ClN4OS. The van der Waals surface area contributed by atoms with E-state index in [0.29, 0.717) is 5.25 Å². The predicted octanol–water partition coefficient (Wildman–Crippen LogP) is 2.51. The number of nitrogens with one attached hydrogen (secondary N) is 2. The molecule has 4 rings (SSSR count). The zero-order chi connectivity index (χ0) is 14.9. The highest BCUT2D eigenvalue weighted by Gasteiger charge is 2.20. The van der Waals surface area contributed by atoms with Gasteiger partial charge in [-0.25, -0.2) is 4.98 Å². The summed E-state index contributed by atoms with van der Waals surface area (Å²) in [4.78, 5) is 10.4. The van der Waals surface area contributed by atoms with Crippen LogP contribution in [0.5, 0.6) is 0 Å². The van der Waals surface area contributed by atoms with Crippen LogP contribution in [0.1, 0.15) is 6.42 Å². The lowest BCUT2D eigenvalue weighted by Crippen LogP contribution is -2.43. The number of ether oxygens (including phenoxy) is 1. The van der Waals surface area contributed by atoms with E-state index >= 15 is 0 Å². The third-order valence-corrected chi connectivity index (χ3v) is 5.58. The Morgan fingerprint density at radius 3 is 2.95 bits per heavy atom. The molecule has 1 atom stereocenters. The molecule has 1 aromatic heterocycles. The molecule has 0 saturated carbocycles. The minimum atomic E-state index is 0.503. The standard InChI is InChI=1S/C15H19ClN4OS/c16-11-7-12-13(8-14(11)20-4-2-17-3-5-20)19-15(18-12)22-10-1-6-21-9-10/h7-8,10,17H,1-6,9H2,(H,18,19). The van der Waals surface area contributed by atoms with Crippen LogP contribution in [0.3, 0.4) is 0 Å². The second-order valence-corrected chi connectivity index (χ2v) is 7.40. The van der Waals surface area contributed by atoms with E-state index in [9.17, 15) is 0 Å². The van der Waals surface area contributed by atoms with E-state index in [1.807, 2.05) is 6.07 Å². The molecule has 2 aromatic rings. The quantitative estimate of drug-likeness (QED) is 0.900. The number of H-pyrrole nitrogens is 1. The molecule has 0 amide bonds. The number of piperazine rings is 1. The maximum Gasteiger partial charge on any atom is 0.166 e. The molecule has 0 radical (unpaired) electrons. The van der Waals surface area contributed by atoms with Gasteiger partial charge in [-0.15, -0.1) is 0 Å². The lowest BCUT2D eigenvalue weighted by Gasteiger charge is -2.30. The van der Waals surface area contributed by atoms with Crippen molar-refractivity contribution < 1.29 is 4.74 Å². The monoisotopic (exact) mass is 338 g/mol. The van der Waals surface area contributed by atoms with Crippen molar-refractivity contribution in [2.45, 2.75) is 16.8 Å². The molecule has 3 heterocycles. The molecule has 118 valence electrons. The number of halogens is 1. The molecule has 0 aliphatic carbocycles. The number of nitrogens with zero attached hydrogens (tertiary/aromatic N) is 2. The summed E-state index contributed by atoms with van der Waals surface area (Å²) in [5, 5.41) is 5.62. The van der Waals surface area contributed by atoms with Crippen molar-refractivity contribution in [3.8, 4) is 0 Å². The Bertz CT molecular complexity index is 665. The molecular weight excluding hydrogens is 320 g/mol. The summed E-state index contributed by atoms with van der Waals surface area (Å²) < 4.78 is 5.42. The van der Waals surface area contributed by atoms with Crippen molar-refractivity contribution in [1.29, 1.82) is 0 Å². The Hall–Kier alpha value is -0.950. The van der Waals surface area contributed by atoms with Gasteiger partial charge in [-0.2, -0.15) is 0 Å². The Kier molecular flexibility index (Phi) is 4.17. The summed E-state index contributed by atoms with van der Waals surface area (Å²) in [7, 11) is 0. The number of thioether (sulfide) groups is 1. The van der Waals surface area contributed by atoms with Crippen LogP contribution < -0.4 is 10.2 Å². The smallest absolute Gasteiger partial charge is 0.166 e. The second-order valence-electron chi connectivity index (χ2n) is 5.70. The van der Waals surface area contributed by atoms with E-state index in [1.165, 1.54) is 0 Å². The first-order valence-corrected chi connectivity index (χ1v) is 8.95. The van der Waals surface area contributed by atoms with E-state index in [-0.39, 0.29) is 0 Å². The van der Waals surface area contributed by atoms with Gasteiger partial charge in [0.2, 0.25) is 0 Å². The van der Waals surface area contributed by atoms with Crippen molar-refractivity contribution in [2.75, 3.05) is 44.3 Å². The maximum absolute atomic E-state index is 6.48. The van der Waals surface area contributed by atoms with Gasteiger partial charge in [0.25, 0.3) is 0 Å². The van der Waals surface area contributed by atoms with Gasteiger partial charge in [0, 0.05) is 38.0 Å². The van der Waals surface area contributed by atoms with Gasteiger partial charge < -0.3 is 19.9 Å². The molecule has 2 aliphatic rings. The minimum Gasteiger partial charge on any atom is -0.380 e. The fourth-order valence-corrected chi connectivity index (χ4v) is 4.26. The first kappa shape index (κ1) is 14.6. The third kappa shape index (κ3) is 2.93. The molecule has 2 saturated heterocycles. The van der Waals surface area contributed by atoms with Gasteiger partial charge >= 0.3 is 0 Å². The fourth-order valence-electron chi connectivity index (χ4n) is 2.96. The summed E-state index contributed by atoms with van der Waals surface area (Å²) in [6.45, 7) is 5.63. The highest BCUT2D eigenvalue weighted by atomic mass is 35.5. The Balaban J connectivity index is 1.61. The van der Waals surface area contributed by atoms with Gasteiger partial charge in [0.1, 0.15) is 0 Å². The van der Waals surface area contributed by atoms with Crippen molar-refractivity contribution in [3.05, 3.63) is 17.2 Å². The normalized spacial score (nSPS) is 22.6. The summed E-state index contributed by atoms with van der Waals surface area (Å²) in [6, 6.07) is 4.10. The van der Waals surface area contributed by atoms with Crippen LogP contribution in [0.4, 0.5) is 5.69 Å². The molecule has 2 N–H and O–H groups in total. The number of imidazole rings is 1. The predicted molar refractivity (Wildman–Crippen MR) is 91.3 cm³/mol. The van der Waals surface area contributed by atoms with Crippen LogP contribution in [-0.2, 0) is 4.74 Å². The van der Waals surface area contributed by atoms with Gasteiger partial charge in [-0.1, -0.05) is 23.4 Å². The molecule has 0 spiro atoms. The summed E-state index contributed by atoms with van der Waals surface area (Å²) in [6.07, 6.45) is 1.09. The van der Waals surface area contributed by atoms with Crippen molar-refractivity contribution >= 4 is 40.1 Å². The van der Waals surface area contributed by atoms with Crippen molar-refractivity contribution in [1.82, 2.24) is 15.3 Å². The van der Waals surface area contributed by atoms with E-state index in [0.717, 1.165) is 72.7 Å². The van der Waals surface area contributed by atoms with E-state index in [4.69, 9.17) is 21.3 Å². The van der Waals surface area contributed by atoms with Crippen LogP contribution in [0, 0.1) is 0 Å². The molecule has 2 fully saturated rings. The molecule has 2 aliphatic heterocycles. The highest BCUT2D eigenvalue weighted by Crippen LogP contribution is 2.33. The van der Waals surface area contributed by atoms with Crippen LogP contribution in [0.25, 0.3) is 11.0 Å².